The summed E-state index contributed by atoms with van der Waals surface area (Å²) in [5.74, 6) is 0.808. The third-order valence-electron chi connectivity index (χ3n) is 1.96. The predicted molar refractivity (Wildman–Crippen MR) is 62.0 cm³/mol. The quantitative estimate of drug-likeness (QED) is 0.780. The van der Waals surface area contributed by atoms with Gasteiger partial charge in [-0.15, -0.1) is 0 Å². The Bertz CT molecular complexity index is 291. The van der Waals surface area contributed by atoms with E-state index < -0.39 is 6.10 Å². The van der Waals surface area contributed by atoms with Gasteiger partial charge in [0.1, 0.15) is 5.75 Å². The van der Waals surface area contributed by atoms with Crippen LogP contribution in [0, 0.1) is 0 Å². The first-order chi connectivity index (χ1) is 7.22. The highest BCUT2D eigenvalue weighted by Gasteiger charge is 2.01. The molecule has 1 rings (SSSR count). The van der Waals surface area contributed by atoms with Gasteiger partial charge in [0, 0.05) is 4.47 Å². The summed E-state index contributed by atoms with van der Waals surface area (Å²) in [6, 6.07) is 7.61. The second-order valence-electron chi connectivity index (χ2n) is 3.28. The van der Waals surface area contributed by atoms with Crippen molar-refractivity contribution in [1.29, 1.82) is 0 Å². The van der Waals surface area contributed by atoms with Crippen molar-refractivity contribution in [2.75, 3.05) is 13.2 Å². The van der Waals surface area contributed by atoms with Gasteiger partial charge in [-0.3, -0.25) is 0 Å². The molecule has 1 atom stereocenters. The Morgan fingerprint density at radius 1 is 1.40 bits per heavy atom. The standard InChI is InChI=1S/C11H15BrO3/c12-9-3-1-5-11(7-9)15-6-2-4-10(14)8-13/h1,3,5,7,10,13-14H,2,4,6,8H2. The highest BCUT2D eigenvalue weighted by atomic mass is 79.9. The molecule has 0 aliphatic carbocycles. The Hall–Kier alpha value is -0.580. The smallest absolute Gasteiger partial charge is 0.120 e. The number of hydrogen-bond donors (Lipinski definition) is 2. The second kappa shape index (κ2) is 6.82. The Balaban J connectivity index is 2.20. The highest BCUT2D eigenvalue weighted by molar-refractivity contribution is 9.10. The van der Waals surface area contributed by atoms with E-state index in [4.69, 9.17) is 14.9 Å². The number of rotatable bonds is 6. The fourth-order valence-electron chi connectivity index (χ4n) is 1.16. The van der Waals surface area contributed by atoms with Crippen LogP contribution in [0.4, 0.5) is 0 Å². The van der Waals surface area contributed by atoms with Crippen LogP contribution in [0.2, 0.25) is 0 Å². The van der Waals surface area contributed by atoms with Crippen molar-refractivity contribution >= 4 is 15.9 Å². The fraction of sp³-hybridized carbons (Fsp3) is 0.455. The van der Waals surface area contributed by atoms with Gasteiger partial charge in [0.25, 0.3) is 0 Å². The minimum Gasteiger partial charge on any atom is -0.494 e. The molecule has 3 nitrogen and oxygen atoms in total. The summed E-state index contributed by atoms with van der Waals surface area (Å²) in [5.41, 5.74) is 0. The van der Waals surface area contributed by atoms with Gasteiger partial charge in [0.05, 0.1) is 19.3 Å². The Labute approximate surface area is 97.8 Å². The molecule has 4 heteroatoms. The summed E-state index contributed by atoms with van der Waals surface area (Å²) in [6.45, 7) is 0.365. The molecule has 1 unspecified atom stereocenters. The number of aliphatic hydroxyl groups excluding tert-OH is 2. The predicted octanol–water partition coefficient (Wildman–Crippen LogP) is 1.96. The number of benzene rings is 1. The van der Waals surface area contributed by atoms with Crippen molar-refractivity contribution < 1.29 is 14.9 Å². The van der Waals surface area contributed by atoms with Crippen LogP contribution >= 0.6 is 15.9 Å². The topological polar surface area (TPSA) is 49.7 Å². The largest absolute Gasteiger partial charge is 0.494 e. The average Bonchev–Trinajstić information content (AvgIpc) is 2.24. The lowest BCUT2D eigenvalue weighted by atomic mass is 10.2. The van der Waals surface area contributed by atoms with Crippen LogP contribution in [-0.2, 0) is 0 Å². The zero-order chi connectivity index (χ0) is 11.1. The Morgan fingerprint density at radius 3 is 2.87 bits per heavy atom. The molecule has 15 heavy (non-hydrogen) atoms. The van der Waals surface area contributed by atoms with Gasteiger partial charge < -0.3 is 14.9 Å². The van der Waals surface area contributed by atoms with E-state index in [1.807, 2.05) is 24.3 Å². The zero-order valence-electron chi connectivity index (χ0n) is 8.40. The van der Waals surface area contributed by atoms with Gasteiger partial charge >= 0.3 is 0 Å². The van der Waals surface area contributed by atoms with Crippen LogP contribution in [0.1, 0.15) is 12.8 Å². The molecule has 0 spiro atoms. The Kier molecular flexibility index (Phi) is 5.68. The number of halogens is 1. The Morgan fingerprint density at radius 2 is 2.20 bits per heavy atom. The van der Waals surface area contributed by atoms with Crippen LogP contribution in [0.5, 0.6) is 5.75 Å². The second-order valence-corrected chi connectivity index (χ2v) is 4.20. The summed E-state index contributed by atoms with van der Waals surface area (Å²) >= 11 is 3.35. The van der Waals surface area contributed by atoms with E-state index in [0.717, 1.165) is 16.6 Å². The molecule has 0 amide bonds. The summed E-state index contributed by atoms with van der Waals surface area (Å²) in [5, 5.41) is 17.7. The van der Waals surface area contributed by atoms with Crippen molar-refractivity contribution in [3.63, 3.8) is 0 Å². The van der Waals surface area contributed by atoms with Crippen molar-refractivity contribution in [3.8, 4) is 5.75 Å². The molecule has 1 aromatic rings. The molecular weight excluding hydrogens is 260 g/mol. The third kappa shape index (κ3) is 5.16. The van der Waals surface area contributed by atoms with Crippen molar-refractivity contribution in [3.05, 3.63) is 28.7 Å². The van der Waals surface area contributed by atoms with Gasteiger partial charge in [-0.2, -0.15) is 0 Å². The normalized spacial score (nSPS) is 12.5. The molecule has 0 radical (unpaired) electrons. The molecule has 0 aliphatic heterocycles. The van der Waals surface area contributed by atoms with E-state index in [1.165, 1.54) is 0 Å². The minimum absolute atomic E-state index is 0.184. The molecule has 0 aliphatic rings. The number of ether oxygens (including phenoxy) is 1. The lowest BCUT2D eigenvalue weighted by molar-refractivity contribution is 0.0828. The van der Waals surface area contributed by atoms with Crippen LogP contribution in [0.25, 0.3) is 0 Å². The monoisotopic (exact) mass is 274 g/mol. The summed E-state index contributed by atoms with van der Waals surface area (Å²) < 4.78 is 6.44. The summed E-state index contributed by atoms with van der Waals surface area (Å²) in [4.78, 5) is 0. The van der Waals surface area contributed by atoms with Gasteiger partial charge in [0.15, 0.2) is 0 Å². The minimum atomic E-state index is -0.629. The molecule has 0 heterocycles. The lowest BCUT2D eigenvalue weighted by Crippen LogP contribution is -2.13. The number of aliphatic hydroxyl groups is 2. The molecule has 0 aromatic heterocycles. The molecule has 84 valence electrons. The molecule has 0 saturated carbocycles. The highest BCUT2D eigenvalue weighted by Crippen LogP contribution is 2.17. The first kappa shape index (κ1) is 12.5. The first-order valence-corrected chi connectivity index (χ1v) is 5.69. The maximum absolute atomic E-state index is 9.09. The SMILES string of the molecule is OCC(O)CCCOc1cccc(Br)c1. The van der Waals surface area contributed by atoms with E-state index >= 15 is 0 Å². The van der Waals surface area contributed by atoms with Crippen LogP contribution in [0.15, 0.2) is 28.7 Å². The molecule has 0 bridgehead atoms. The first-order valence-electron chi connectivity index (χ1n) is 4.89. The maximum Gasteiger partial charge on any atom is 0.120 e. The van der Waals surface area contributed by atoms with Crippen molar-refractivity contribution in [2.24, 2.45) is 0 Å². The van der Waals surface area contributed by atoms with E-state index in [-0.39, 0.29) is 6.61 Å². The summed E-state index contributed by atoms with van der Waals surface area (Å²) in [7, 11) is 0. The van der Waals surface area contributed by atoms with E-state index in [9.17, 15) is 0 Å². The molecule has 1 aromatic carbocycles. The lowest BCUT2D eigenvalue weighted by Gasteiger charge is -2.08. The van der Waals surface area contributed by atoms with Crippen molar-refractivity contribution in [1.82, 2.24) is 0 Å². The van der Waals surface area contributed by atoms with Crippen LogP contribution in [-0.4, -0.2) is 29.5 Å². The van der Waals surface area contributed by atoms with Gasteiger partial charge in [-0.05, 0) is 31.0 Å². The summed E-state index contributed by atoms with van der Waals surface area (Å²) in [6.07, 6.45) is 0.662. The van der Waals surface area contributed by atoms with Crippen LogP contribution < -0.4 is 4.74 Å². The third-order valence-corrected chi connectivity index (χ3v) is 2.45. The molecule has 0 fully saturated rings. The van der Waals surface area contributed by atoms with Gasteiger partial charge in [0.2, 0.25) is 0 Å². The molecular formula is C11H15BrO3. The van der Waals surface area contributed by atoms with E-state index in [1.54, 1.807) is 0 Å². The molecule has 0 saturated heterocycles. The molecule has 2 N–H and O–H groups in total. The fourth-order valence-corrected chi connectivity index (χ4v) is 1.54. The van der Waals surface area contributed by atoms with Crippen LogP contribution in [0.3, 0.4) is 0 Å². The maximum atomic E-state index is 9.09. The van der Waals surface area contributed by atoms with Gasteiger partial charge in [-0.1, -0.05) is 22.0 Å². The van der Waals surface area contributed by atoms with Gasteiger partial charge in [-0.25, -0.2) is 0 Å². The van der Waals surface area contributed by atoms with E-state index in [2.05, 4.69) is 15.9 Å². The van der Waals surface area contributed by atoms with E-state index in [0.29, 0.717) is 13.0 Å². The zero-order valence-corrected chi connectivity index (χ0v) is 9.98. The average molecular weight is 275 g/mol. The van der Waals surface area contributed by atoms with Crippen molar-refractivity contribution in [2.45, 2.75) is 18.9 Å². The number of hydrogen-bond acceptors (Lipinski definition) is 3.